The molecule has 21 heavy (non-hydrogen) atoms. The van der Waals surface area contributed by atoms with Gasteiger partial charge in [0, 0.05) is 6.07 Å². The van der Waals surface area contributed by atoms with Crippen molar-refractivity contribution in [1.82, 2.24) is 0 Å². The molecular weight excluding hydrogens is 279 g/mol. The van der Waals surface area contributed by atoms with Crippen LogP contribution >= 0.6 is 0 Å². The molecule has 0 saturated heterocycles. The maximum Gasteiger partial charge on any atom is 0.341 e. The Morgan fingerprint density at radius 1 is 1.24 bits per heavy atom. The average Bonchev–Trinajstić information content (AvgIpc) is 2.45. The Kier molecular flexibility index (Phi) is 3.06. The first-order chi connectivity index (χ1) is 10.1. The standard InChI is InChI=1S/C15H9FO5/c16-10-2-1-3-11-14(10)15(19)9-5-4-8(6-12(9)21-11)20-7-13(17)18/h1-6H,7H2,(H,17,18). The molecule has 0 spiro atoms. The number of ether oxygens (including phenoxy) is 1. The van der Waals surface area contributed by atoms with Gasteiger partial charge in [-0.25, -0.2) is 9.18 Å². The van der Waals surface area contributed by atoms with E-state index in [0.29, 0.717) is 0 Å². The number of carbonyl (C=O) groups is 1. The molecule has 5 nitrogen and oxygen atoms in total. The van der Waals surface area contributed by atoms with Crippen molar-refractivity contribution in [2.75, 3.05) is 6.61 Å². The van der Waals surface area contributed by atoms with Gasteiger partial charge in [-0.05, 0) is 24.3 Å². The second-order valence-corrected chi connectivity index (χ2v) is 4.38. The van der Waals surface area contributed by atoms with Gasteiger partial charge in [-0.2, -0.15) is 0 Å². The first kappa shape index (κ1) is 13.1. The van der Waals surface area contributed by atoms with Gasteiger partial charge in [-0.1, -0.05) is 6.07 Å². The lowest BCUT2D eigenvalue weighted by Gasteiger charge is -2.05. The van der Waals surface area contributed by atoms with Crippen LogP contribution in [-0.4, -0.2) is 17.7 Å². The summed E-state index contributed by atoms with van der Waals surface area (Å²) in [4.78, 5) is 22.7. The molecule has 3 aromatic rings. The van der Waals surface area contributed by atoms with Crippen LogP contribution in [0.1, 0.15) is 0 Å². The second-order valence-electron chi connectivity index (χ2n) is 4.38. The zero-order chi connectivity index (χ0) is 15.0. The molecule has 0 radical (unpaired) electrons. The van der Waals surface area contributed by atoms with Gasteiger partial charge >= 0.3 is 5.97 Å². The topological polar surface area (TPSA) is 76.7 Å². The predicted molar refractivity (Wildman–Crippen MR) is 73.1 cm³/mol. The Balaban J connectivity index is 2.21. The Morgan fingerprint density at radius 3 is 2.81 bits per heavy atom. The molecule has 0 fully saturated rings. The third-order valence-corrected chi connectivity index (χ3v) is 2.98. The summed E-state index contributed by atoms with van der Waals surface area (Å²) < 4.78 is 24.2. The maximum atomic E-state index is 13.7. The number of halogens is 1. The summed E-state index contributed by atoms with van der Waals surface area (Å²) in [5.41, 5.74) is -0.141. The highest BCUT2D eigenvalue weighted by atomic mass is 19.1. The Hall–Kier alpha value is -2.89. The lowest BCUT2D eigenvalue weighted by Crippen LogP contribution is -2.09. The third kappa shape index (κ3) is 2.31. The van der Waals surface area contributed by atoms with Crippen LogP contribution in [0.2, 0.25) is 0 Å². The first-order valence-corrected chi connectivity index (χ1v) is 6.06. The minimum absolute atomic E-state index is 0.107. The van der Waals surface area contributed by atoms with Crippen molar-refractivity contribution in [2.24, 2.45) is 0 Å². The number of hydrogen-bond donors (Lipinski definition) is 1. The van der Waals surface area contributed by atoms with E-state index in [2.05, 4.69) is 0 Å². The van der Waals surface area contributed by atoms with E-state index in [1.807, 2.05) is 0 Å². The molecular formula is C15H9FO5. The molecule has 0 amide bonds. The van der Waals surface area contributed by atoms with Crippen molar-refractivity contribution >= 4 is 27.9 Å². The van der Waals surface area contributed by atoms with Crippen LogP contribution in [-0.2, 0) is 4.79 Å². The molecule has 0 aliphatic carbocycles. The minimum Gasteiger partial charge on any atom is -0.482 e. The molecule has 6 heteroatoms. The summed E-state index contributed by atoms with van der Waals surface area (Å²) in [5, 5.41) is 8.66. The highest BCUT2D eigenvalue weighted by molar-refractivity contribution is 5.90. The highest BCUT2D eigenvalue weighted by Crippen LogP contribution is 2.24. The normalized spacial score (nSPS) is 10.9. The Labute approximate surface area is 117 Å². The van der Waals surface area contributed by atoms with Crippen LogP contribution in [0.15, 0.2) is 45.6 Å². The summed E-state index contributed by atoms with van der Waals surface area (Å²) >= 11 is 0. The van der Waals surface area contributed by atoms with E-state index in [1.165, 1.54) is 36.4 Å². The smallest absolute Gasteiger partial charge is 0.341 e. The highest BCUT2D eigenvalue weighted by Gasteiger charge is 2.12. The molecule has 1 aromatic heterocycles. The summed E-state index contributed by atoms with van der Waals surface area (Å²) in [6.45, 7) is -0.502. The molecule has 0 bridgehead atoms. The number of hydrogen-bond acceptors (Lipinski definition) is 4. The molecule has 0 saturated carbocycles. The number of aliphatic carboxylic acids is 1. The van der Waals surface area contributed by atoms with Gasteiger partial charge < -0.3 is 14.3 Å². The van der Waals surface area contributed by atoms with Crippen molar-refractivity contribution in [3.63, 3.8) is 0 Å². The van der Waals surface area contributed by atoms with E-state index in [1.54, 1.807) is 0 Å². The number of rotatable bonds is 3. The van der Waals surface area contributed by atoms with Gasteiger partial charge in [-0.3, -0.25) is 4.79 Å². The zero-order valence-corrected chi connectivity index (χ0v) is 10.6. The average molecular weight is 288 g/mol. The monoisotopic (exact) mass is 288 g/mol. The van der Waals surface area contributed by atoms with Crippen molar-refractivity contribution in [3.8, 4) is 5.75 Å². The quantitative estimate of drug-likeness (QED) is 0.749. The second kappa shape index (κ2) is 4.90. The third-order valence-electron chi connectivity index (χ3n) is 2.98. The Morgan fingerprint density at radius 2 is 2.05 bits per heavy atom. The van der Waals surface area contributed by atoms with Crippen molar-refractivity contribution < 1.29 is 23.4 Å². The van der Waals surface area contributed by atoms with Gasteiger partial charge in [-0.15, -0.1) is 0 Å². The van der Waals surface area contributed by atoms with Gasteiger partial charge in [0.15, 0.2) is 6.61 Å². The number of carboxylic acid groups (broad SMARTS) is 1. The fraction of sp³-hybridized carbons (Fsp3) is 0.0667. The largest absolute Gasteiger partial charge is 0.482 e. The Bertz CT molecular complexity index is 913. The van der Waals surface area contributed by atoms with E-state index < -0.39 is 23.8 Å². The zero-order valence-electron chi connectivity index (χ0n) is 10.6. The van der Waals surface area contributed by atoms with E-state index in [0.717, 1.165) is 0 Å². The van der Waals surface area contributed by atoms with Gasteiger partial charge in [0.1, 0.15) is 28.1 Å². The molecule has 0 aliphatic heterocycles. The summed E-state index contributed by atoms with van der Waals surface area (Å²) in [7, 11) is 0. The van der Waals surface area contributed by atoms with E-state index in [9.17, 15) is 14.0 Å². The summed E-state index contributed by atoms with van der Waals surface area (Å²) in [6, 6.07) is 8.39. The van der Waals surface area contributed by atoms with Crippen molar-refractivity contribution in [3.05, 3.63) is 52.4 Å². The molecule has 0 unspecified atom stereocenters. The van der Waals surface area contributed by atoms with Crippen molar-refractivity contribution in [1.29, 1.82) is 0 Å². The first-order valence-electron chi connectivity index (χ1n) is 6.06. The van der Waals surface area contributed by atoms with E-state index >= 15 is 0 Å². The van der Waals surface area contributed by atoms with Gasteiger partial charge in [0.25, 0.3) is 0 Å². The maximum absolute atomic E-state index is 13.7. The van der Waals surface area contributed by atoms with Crippen LogP contribution in [0.4, 0.5) is 4.39 Å². The van der Waals surface area contributed by atoms with Crippen molar-refractivity contribution in [2.45, 2.75) is 0 Å². The van der Waals surface area contributed by atoms with Crippen LogP contribution in [0, 0.1) is 5.82 Å². The van der Waals surface area contributed by atoms with Crippen LogP contribution in [0.25, 0.3) is 21.9 Å². The lowest BCUT2D eigenvalue weighted by molar-refractivity contribution is -0.139. The van der Waals surface area contributed by atoms with Crippen LogP contribution in [0.3, 0.4) is 0 Å². The lowest BCUT2D eigenvalue weighted by atomic mass is 10.1. The summed E-state index contributed by atoms with van der Waals surface area (Å²) in [5.74, 6) is -1.50. The molecule has 2 aromatic carbocycles. The number of carboxylic acids is 1. The molecule has 0 aliphatic rings. The van der Waals surface area contributed by atoms with Crippen LogP contribution < -0.4 is 10.2 Å². The number of benzene rings is 2. The minimum atomic E-state index is -1.11. The van der Waals surface area contributed by atoms with Crippen LogP contribution in [0.5, 0.6) is 5.75 Å². The molecule has 1 N–H and O–H groups in total. The SMILES string of the molecule is O=C(O)COc1ccc2c(=O)c3c(F)cccc3oc2c1. The predicted octanol–water partition coefficient (Wildman–Crippen LogP) is 2.55. The fourth-order valence-corrected chi connectivity index (χ4v) is 2.07. The van der Waals surface area contributed by atoms with E-state index in [-0.39, 0.29) is 27.7 Å². The van der Waals surface area contributed by atoms with Gasteiger partial charge in [0.2, 0.25) is 5.43 Å². The fourth-order valence-electron chi connectivity index (χ4n) is 2.07. The van der Waals surface area contributed by atoms with Gasteiger partial charge in [0.05, 0.1) is 5.39 Å². The molecule has 3 rings (SSSR count). The molecule has 0 atom stereocenters. The van der Waals surface area contributed by atoms with E-state index in [4.69, 9.17) is 14.3 Å². The molecule has 106 valence electrons. The molecule has 1 heterocycles. The summed E-state index contributed by atoms with van der Waals surface area (Å²) in [6.07, 6.45) is 0. The number of fused-ring (bicyclic) bond motifs is 2.